The maximum Gasteiger partial charge on any atom is 0.234 e. The topological polar surface area (TPSA) is 50.4 Å². The number of hydrogen-bond acceptors (Lipinski definition) is 3. The second kappa shape index (κ2) is 8.24. The minimum Gasteiger partial charge on any atom is -0.383 e. The molecule has 0 aliphatic carbocycles. The van der Waals surface area contributed by atoms with Crippen molar-refractivity contribution in [3.63, 3.8) is 0 Å². The highest BCUT2D eigenvalue weighted by Crippen LogP contribution is 2.09. The fraction of sp³-hybridized carbons (Fsp3) is 0.462. The molecule has 1 atom stereocenters. The predicted octanol–water partition coefficient (Wildman–Crippen LogP) is 1.69. The molecule has 0 fully saturated rings. The van der Waals surface area contributed by atoms with Gasteiger partial charge >= 0.3 is 0 Å². The molecule has 0 spiro atoms. The molecule has 0 aromatic heterocycles. The third-order valence-electron chi connectivity index (χ3n) is 2.35. The number of nitrogens with one attached hydrogen (secondary N) is 2. The van der Waals surface area contributed by atoms with Crippen LogP contribution in [0.2, 0.25) is 0 Å². The first-order valence-electron chi connectivity index (χ1n) is 5.85. The molecule has 1 aromatic carbocycles. The Balaban J connectivity index is 2.21. The van der Waals surface area contributed by atoms with Gasteiger partial charge in [-0.3, -0.25) is 4.79 Å². The van der Waals surface area contributed by atoms with Crippen LogP contribution in [-0.4, -0.2) is 32.2 Å². The van der Waals surface area contributed by atoms with Crippen molar-refractivity contribution in [3.8, 4) is 0 Å². The summed E-state index contributed by atoms with van der Waals surface area (Å²) >= 11 is 3.38. The second-order valence-electron chi connectivity index (χ2n) is 4.15. The second-order valence-corrected chi connectivity index (χ2v) is 5.07. The standard InChI is InChI=1S/C13H19BrN2O2/c1-10(9-18-2)16-13(17)8-15-7-11-3-5-12(14)6-4-11/h3-6,10,15H,7-9H2,1-2H3,(H,16,17). The van der Waals surface area contributed by atoms with Crippen molar-refractivity contribution in [2.45, 2.75) is 19.5 Å². The summed E-state index contributed by atoms with van der Waals surface area (Å²) in [5.41, 5.74) is 1.15. The first-order valence-corrected chi connectivity index (χ1v) is 6.64. The molecule has 1 unspecified atom stereocenters. The number of ether oxygens (including phenoxy) is 1. The summed E-state index contributed by atoms with van der Waals surface area (Å²) in [5.74, 6) is -0.0170. The van der Waals surface area contributed by atoms with Crippen LogP contribution >= 0.6 is 15.9 Å². The largest absolute Gasteiger partial charge is 0.383 e. The van der Waals surface area contributed by atoms with E-state index in [1.165, 1.54) is 0 Å². The minimum absolute atomic E-state index is 0.0170. The van der Waals surface area contributed by atoms with E-state index in [1.807, 2.05) is 31.2 Å². The van der Waals surface area contributed by atoms with Gasteiger partial charge in [0.15, 0.2) is 0 Å². The van der Waals surface area contributed by atoms with Crippen LogP contribution in [0.1, 0.15) is 12.5 Å². The highest BCUT2D eigenvalue weighted by atomic mass is 79.9. The summed E-state index contributed by atoms with van der Waals surface area (Å²) < 4.78 is 6.00. The number of methoxy groups -OCH3 is 1. The number of amides is 1. The zero-order valence-corrected chi connectivity index (χ0v) is 12.3. The van der Waals surface area contributed by atoms with Crippen molar-refractivity contribution >= 4 is 21.8 Å². The fourth-order valence-electron chi connectivity index (χ4n) is 1.54. The highest BCUT2D eigenvalue weighted by Gasteiger charge is 2.05. The van der Waals surface area contributed by atoms with Crippen LogP contribution in [0.5, 0.6) is 0 Å². The molecule has 100 valence electrons. The smallest absolute Gasteiger partial charge is 0.234 e. The van der Waals surface area contributed by atoms with Gasteiger partial charge < -0.3 is 15.4 Å². The van der Waals surface area contributed by atoms with Crippen molar-refractivity contribution in [3.05, 3.63) is 34.3 Å². The van der Waals surface area contributed by atoms with E-state index in [-0.39, 0.29) is 11.9 Å². The molecule has 0 aliphatic rings. The van der Waals surface area contributed by atoms with Crippen LogP contribution < -0.4 is 10.6 Å². The van der Waals surface area contributed by atoms with Crippen LogP contribution in [0.3, 0.4) is 0 Å². The highest BCUT2D eigenvalue weighted by molar-refractivity contribution is 9.10. The van der Waals surface area contributed by atoms with E-state index in [9.17, 15) is 4.79 Å². The molecule has 0 bridgehead atoms. The number of rotatable bonds is 7. The molecule has 1 aromatic rings. The summed E-state index contributed by atoms with van der Waals surface area (Å²) in [6.07, 6.45) is 0. The van der Waals surface area contributed by atoms with Crippen LogP contribution in [0.15, 0.2) is 28.7 Å². The quantitative estimate of drug-likeness (QED) is 0.805. The van der Waals surface area contributed by atoms with E-state index in [4.69, 9.17) is 4.74 Å². The Kier molecular flexibility index (Phi) is 6.93. The lowest BCUT2D eigenvalue weighted by Crippen LogP contribution is -2.40. The lowest BCUT2D eigenvalue weighted by atomic mass is 10.2. The molecule has 4 nitrogen and oxygen atoms in total. The van der Waals surface area contributed by atoms with Gasteiger partial charge in [0.1, 0.15) is 0 Å². The molecule has 0 heterocycles. The monoisotopic (exact) mass is 314 g/mol. The fourth-order valence-corrected chi connectivity index (χ4v) is 1.80. The van der Waals surface area contributed by atoms with Crippen LogP contribution in [0.25, 0.3) is 0 Å². The normalized spacial score (nSPS) is 12.2. The van der Waals surface area contributed by atoms with E-state index in [0.29, 0.717) is 19.7 Å². The Morgan fingerprint density at radius 1 is 1.39 bits per heavy atom. The van der Waals surface area contributed by atoms with Gasteiger partial charge in [0.2, 0.25) is 5.91 Å². The van der Waals surface area contributed by atoms with Crippen LogP contribution in [-0.2, 0) is 16.1 Å². The predicted molar refractivity (Wildman–Crippen MR) is 75.3 cm³/mol. The van der Waals surface area contributed by atoms with E-state index in [0.717, 1.165) is 10.0 Å². The molecule has 1 rings (SSSR count). The third kappa shape index (κ3) is 6.14. The summed E-state index contributed by atoms with van der Waals surface area (Å²) in [6.45, 7) is 3.43. The molecule has 0 radical (unpaired) electrons. The van der Waals surface area contributed by atoms with Crippen LogP contribution in [0.4, 0.5) is 0 Å². The number of carbonyl (C=O) groups excluding carboxylic acids is 1. The molecule has 0 saturated carbocycles. The van der Waals surface area contributed by atoms with Gasteiger partial charge in [0.25, 0.3) is 0 Å². The Hall–Kier alpha value is -0.910. The summed E-state index contributed by atoms with van der Waals surface area (Å²) in [4.78, 5) is 11.5. The molecule has 2 N–H and O–H groups in total. The Morgan fingerprint density at radius 2 is 2.06 bits per heavy atom. The van der Waals surface area contributed by atoms with Crippen molar-refractivity contribution in [1.29, 1.82) is 0 Å². The number of hydrogen-bond donors (Lipinski definition) is 2. The summed E-state index contributed by atoms with van der Waals surface area (Å²) in [6, 6.07) is 8.04. The van der Waals surface area contributed by atoms with E-state index in [2.05, 4.69) is 26.6 Å². The number of halogens is 1. The zero-order chi connectivity index (χ0) is 13.4. The molecular weight excluding hydrogens is 296 g/mol. The maximum absolute atomic E-state index is 11.5. The Morgan fingerprint density at radius 3 is 2.67 bits per heavy atom. The minimum atomic E-state index is -0.0170. The van der Waals surface area contributed by atoms with Crippen molar-refractivity contribution in [2.75, 3.05) is 20.3 Å². The molecular formula is C13H19BrN2O2. The van der Waals surface area contributed by atoms with Crippen molar-refractivity contribution < 1.29 is 9.53 Å². The molecule has 0 aliphatic heterocycles. The Labute approximate surface area is 116 Å². The van der Waals surface area contributed by atoms with Gasteiger partial charge in [0, 0.05) is 24.2 Å². The first kappa shape index (κ1) is 15.1. The first-order chi connectivity index (χ1) is 8.61. The van der Waals surface area contributed by atoms with E-state index < -0.39 is 0 Å². The summed E-state index contributed by atoms with van der Waals surface area (Å²) in [5, 5.41) is 5.94. The lowest BCUT2D eigenvalue weighted by Gasteiger charge is -2.13. The molecule has 5 heteroatoms. The van der Waals surface area contributed by atoms with Gasteiger partial charge in [-0.1, -0.05) is 28.1 Å². The van der Waals surface area contributed by atoms with Gasteiger partial charge in [-0.05, 0) is 24.6 Å². The average molecular weight is 315 g/mol. The average Bonchev–Trinajstić information content (AvgIpc) is 2.32. The third-order valence-corrected chi connectivity index (χ3v) is 2.88. The van der Waals surface area contributed by atoms with Crippen molar-refractivity contribution in [2.24, 2.45) is 0 Å². The molecule has 18 heavy (non-hydrogen) atoms. The zero-order valence-electron chi connectivity index (χ0n) is 10.7. The maximum atomic E-state index is 11.5. The van der Waals surface area contributed by atoms with Crippen molar-refractivity contribution in [1.82, 2.24) is 10.6 Å². The molecule has 1 amide bonds. The van der Waals surface area contributed by atoms with Gasteiger partial charge in [-0.2, -0.15) is 0 Å². The number of carbonyl (C=O) groups is 1. The SMILES string of the molecule is COCC(C)NC(=O)CNCc1ccc(Br)cc1. The lowest BCUT2D eigenvalue weighted by molar-refractivity contribution is -0.121. The van der Waals surface area contributed by atoms with Crippen LogP contribution in [0, 0.1) is 0 Å². The van der Waals surface area contributed by atoms with E-state index in [1.54, 1.807) is 7.11 Å². The van der Waals surface area contributed by atoms with Gasteiger partial charge in [-0.25, -0.2) is 0 Å². The molecule has 0 saturated heterocycles. The Bertz CT molecular complexity index is 368. The summed E-state index contributed by atoms with van der Waals surface area (Å²) in [7, 11) is 1.62. The van der Waals surface area contributed by atoms with Gasteiger partial charge in [0.05, 0.1) is 13.2 Å². The number of benzene rings is 1. The van der Waals surface area contributed by atoms with Gasteiger partial charge in [-0.15, -0.1) is 0 Å². The van der Waals surface area contributed by atoms with E-state index >= 15 is 0 Å².